The summed E-state index contributed by atoms with van der Waals surface area (Å²) in [6.45, 7) is 0.551. The van der Waals surface area contributed by atoms with Crippen molar-refractivity contribution < 1.29 is 18.3 Å². The van der Waals surface area contributed by atoms with Gasteiger partial charge >= 0.3 is 6.18 Å². The number of aliphatic hydroxyl groups is 1. The number of rotatable bonds is 6. The van der Waals surface area contributed by atoms with Gasteiger partial charge in [-0.25, -0.2) is 0 Å². The molecule has 6 heteroatoms. The lowest BCUT2D eigenvalue weighted by atomic mass is 9.91. The first-order valence-electron chi connectivity index (χ1n) is 5.51. The third-order valence-electron chi connectivity index (χ3n) is 2.94. The summed E-state index contributed by atoms with van der Waals surface area (Å²) < 4.78 is 37.2. The SMILES string of the molecule is OCCCN(CC(Br)C(F)(F)F)C1CCC1. The number of nitrogens with zero attached hydrogens (tertiary/aromatic N) is 1. The van der Waals surface area contributed by atoms with Crippen molar-refractivity contribution in [2.45, 2.75) is 42.7 Å². The minimum atomic E-state index is -4.19. The Morgan fingerprint density at radius 2 is 2.00 bits per heavy atom. The number of hydrogen-bond donors (Lipinski definition) is 1. The van der Waals surface area contributed by atoms with Crippen LogP contribution in [-0.4, -0.2) is 46.7 Å². The molecule has 2 nitrogen and oxygen atoms in total. The van der Waals surface area contributed by atoms with Crippen LogP contribution in [0.3, 0.4) is 0 Å². The van der Waals surface area contributed by atoms with Crippen LogP contribution in [0.25, 0.3) is 0 Å². The predicted octanol–water partition coefficient (Wildman–Crippen LogP) is 2.55. The third kappa shape index (κ3) is 4.22. The second kappa shape index (κ2) is 6.21. The Morgan fingerprint density at radius 3 is 2.38 bits per heavy atom. The summed E-state index contributed by atoms with van der Waals surface area (Å²) in [5.74, 6) is 0. The van der Waals surface area contributed by atoms with Gasteiger partial charge in [0.25, 0.3) is 0 Å². The van der Waals surface area contributed by atoms with E-state index >= 15 is 0 Å². The first-order valence-corrected chi connectivity index (χ1v) is 6.42. The Morgan fingerprint density at radius 1 is 1.38 bits per heavy atom. The molecule has 0 aromatic heterocycles. The van der Waals surface area contributed by atoms with Gasteiger partial charge in [0.15, 0.2) is 0 Å². The first-order chi connectivity index (χ1) is 7.45. The summed E-state index contributed by atoms with van der Waals surface area (Å²) in [5, 5.41) is 8.72. The molecule has 0 saturated heterocycles. The molecule has 0 aliphatic heterocycles. The smallest absolute Gasteiger partial charge is 0.396 e. The molecule has 0 heterocycles. The highest BCUT2D eigenvalue weighted by atomic mass is 79.9. The maximum Gasteiger partial charge on any atom is 0.402 e. The van der Waals surface area contributed by atoms with Gasteiger partial charge < -0.3 is 5.11 Å². The summed E-state index contributed by atoms with van der Waals surface area (Å²) in [5.41, 5.74) is 0. The van der Waals surface area contributed by atoms with E-state index in [0.717, 1.165) is 19.3 Å². The van der Waals surface area contributed by atoms with Gasteiger partial charge in [-0.1, -0.05) is 22.4 Å². The summed E-state index contributed by atoms with van der Waals surface area (Å²) in [7, 11) is 0. The predicted molar refractivity (Wildman–Crippen MR) is 59.7 cm³/mol. The zero-order valence-corrected chi connectivity index (χ0v) is 10.6. The van der Waals surface area contributed by atoms with Gasteiger partial charge in [0.1, 0.15) is 4.83 Å². The Labute approximate surface area is 102 Å². The summed E-state index contributed by atoms with van der Waals surface area (Å²) in [6.07, 6.45) is -0.611. The Kier molecular flexibility index (Phi) is 5.53. The van der Waals surface area contributed by atoms with Crippen molar-refractivity contribution in [2.75, 3.05) is 19.7 Å². The van der Waals surface area contributed by atoms with E-state index in [2.05, 4.69) is 15.9 Å². The van der Waals surface area contributed by atoms with Crippen LogP contribution in [-0.2, 0) is 0 Å². The molecule has 1 unspecified atom stereocenters. The van der Waals surface area contributed by atoms with Crippen LogP contribution in [0.4, 0.5) is 13.2 Å². The Bertz CT molecular complexity index is 209. The fraction of sp³-hybridized carbons (Fsp3) is 1.00. The standard InChI is InChI=1S/C10H17BrF3NO/c11-9(10(12,13)14)7-15(5-2-6-16)8-3-1-4-8/h8-9,16H,1-7H2. The molecule has 0 spiro atoms. The van der Waals surface area contributed by atoms with Crippen LogP contribution < -0.4 is 0 Å². The monoisotopic (exact) mass is 303 g/mol. The number of aliphatic hydroxyl groups excluding tert-OH is 1. The second-order valence-electron chi connectivity index (χ2n) is 4.17. The Balaban J connectivity index is 2.42. The first kappa shape index (κ1) is 14.3. The van der Waals surface area contributed by atoms with Crippen molar-refractivity contribution >= 4 is 15.9 Å². The minimum Gasteiger partial charge on any atom is -0.396 e. The molecule has 0 aromatic rings. The summed E-state index contributed by atoms with van der Waals surface area (Å²) >= 11 is 2.68. The molecule has 1 fully saturated rings. The van der Waals surface area contributed by atoms with Crippen molar-refractivity contribution in [1.82, 2.24) is 4.90 Å². The molecule has 0 amide bonds. The third-order valence-corrected chi connectivity index (χ3v) is 3.75. The largest absolute Gasteiger partial charge is 0.402 e. The molecule has 0 radical (unpaired) electrons. The number of halogens is 4. The van der Waals surface area contributed by atoms with E-state index in [-0.39, 0.29) is 19.2 Å². The molecule has 0 aromatic carbocycles. The van der Waals surface area contributed by atoms with Gasteiger partial charge in [-0.15, -0.1) is 0 Å². The number of hydrogen-bond acceptors (Lipinski definition) is 2. The molecular weight excluding hydrogens is 287 g/mol. The van der Waals surface area contributed by atoms with E-state index in [9.17, 15) is 13.2 Å². The summed E-state index contributed by atoms with van der Waals surface area (Å²) in [6, 6.07) is 0.272. The molecule has 1 N–H and O–H groups in total. The maximum atomic E-state index is 12.4. The fourth-order valence-corrected chi connectivity index (χ4v) is 2.13. The van der Waals surface area contributed by atoms with Crippen LogP contribution in [0.15, 0.2) is 0 Å². The van der Waals surface area contributed by atoms with Gasteiger partial charge in [0, 0.05) is 25.7 Å². The van der Waals surface area contributed by atoms with Crippen LogP contribution in [0.1, 0.15) is 25.7 Å². The number of alkyl halides is 4. The average Bonchev–Trinajstić information content (AvgIpc) is 2.09. The molecule has 1 aliphatic rings. The lowest BCUT2D eigenvalue weighted by Gasteiger charge is -2.38. The minimum absolute atomic E-state index is 0.0197. The molecule has 1 atom stereocenters. The molecular formula is C10H17BrF3NO. The van der Waals surface area contributed by atoms with E-state index in [1.165, 1.54) is 0 Å². The highest BCUT2D eigenvalue weighted by molar-refractivity contribution is 9.09. The van der Waals surface area contributed by atoms with Gasteiger partial charge in [-0.2, -0.15) is 13.2 Å². The normalized spacial score (nSPS) is 19.9. The fourth-order valence-electron chi connectivity index (χ4n) is 1.76. The highest BCUT2D eigenvalue weighted by Crippen LogP contribution is 2.31. The van der Waals surface area contributed by atoms with Crippen LogP contribution >= 0.6 is 15.9 Å². The van der Waals surface area contributed by atoms with E-state index in [4.69, 9.17) is 5.11 Å². The van der Waals surface area contributed by atoms with Crippen molar-refractivity contribution in [3.05, 3.63) is 0 Å². The Hall–Kier alpha value is 0.190. The second-order valence-corrected chi connectivity index (χ2v) is 5.27. The van der Waals surface area contributed by atoms with E-state index in [1.807, 2.05) is 4.90 Å². The van der Waals surface area contributed by atoms with Gasteiger partial charge in [-0.05, 0) is 19.3 Å². The lowest BCUT2D eigenvalue weighted by molar-refractivity contribution is -0.132. The van der Waals surface area contributed by atoms with Crippen molar-refractivity contribution in [3.63, 3.8) is 0 Å². The van der Waals surface area contributed by atoms with E-state index in [1.54, 1.807) is 0 Å². The lowest BCUT2D eigenvalue weighted by Crippen LogP contribution is -2.46. The molecule has 96 valence electrons. The molecule has 1 saturated carbocycles. The van der Waals surface area contributed by atoms with Gasteiger partial charge in [0.2, 0.25) is 0 Å². The summed E-state index contributed by atoms with van der Waals surface area (Å²) in [4.78, 5) is 0.367. The zero-order chi connectivity index (χ0) is 12.2. The van der Waals surface area contributed by atoms with Crippen molar-refractivity contribution in [2.24, 2.45) is 0 Å². The zero-order valence-electron chi connectivity index (χ0n) is 9.01. The molecule has 16 heavy (non-hydrogen) atoms. The average molecular weight is 304 g/mol. The van der Waals surface area contributed by atoms with Crippen LogP contribution in [0.2, 0.25) is 0 Å². The topological polar surface area (TPSA) is 23.5 Å². The molecule has 1 rings (SSSR count). The van der Waals surface area contributed by atoms with E-state index < -0.39 is 11.0 Å². The van der Waals surface area contributed by atoms with Crippen LogP contribution in [0, 0.1) is 0 Å². The molecule has 0 bridgehead atoms. The van der Waals surface area contributed by atoms with E-state index in [0.29, 0.717) is 13.0 Å². The maximum absolute atomic E-state index is 12.4. The van der Waals surface area contributed by atoms with Gasteiger partial charge in [-0.3, -0.25) is 4.90 Å². The molecule has 1 aliphatic carbocycles. The quantitative estimate of drug-likeness (QED) is 0.762. The van der Waals surface area contributed by atoms with Crippen molar-refractivity contribution in [1.29, 1.82) is 0 Å². The highest BCUT2D eigenvalue weighted by Gasteiger charge is 2.40. The van der Waals surface area contributed by atoms with Gasteiger partial charge in [0.05, 0.1) is 0 Å². The van der Waals surface area contributed by atoms with Crippen molar-refractivity contribution in [3.8, 4) is 0 Å². The van der Waals surface area contributed by atoms with Crippen LogP contribution in [0.5, 0.6) is 0 Å².